The molecule has 0 saturated heterocycles. The first kappa shape index (κ1) is 22.7. The molecule has 0 fully saturated rings. The van der Waals surface area contributed by atoms with Crippen LogP contribution in [0.5, 0.6) is 0 Å². The first-order valence-corrected chi connectivity index (χ1v) is 12.1. The van der Waals surface area contributed by atoms with Crippen LogP contribution in [0.25, 0.3) is 10.8 Å². The van der Waals surface area contributed by atoms with E-state index in [0.29, 0.717) is 23.7 Å². The van der Waals surface area contributed by atoms with Gasteiger partial charge in [-0.1, -0.05) is 62.4 Å². The molecule has 1 N–H and O–H groups in total. The summed E-state index contributed by atoms with van der Waals surface area (Å²) in [5, 5.41) is 7.97. The SMILES string of the molecule is CC(C)Cn1nc(C(=O)NCCCS(=O)(=O)Cc2ccccc2)c2ccccc2c1=O. The standard InChI is InChI=1S/C23H27N3O4S/c1-17(2)15-26-23(28)20-12-7-6-11-19(20)21(25-26)22(27)24-13-8-14-31(29,30)16-18-9-4-3-5-10-18/h3-7,9-12,17H,8,13-16H2,1-2H3,(H,24,27). The van der Waals surface area contributed by atoms with Crippen molar-refractivity contribution < 1.29 is 13.2 Å². The second-order valence-corrected chi connectivity index (χ2v) is 10.1. The van der Waals surface area contributed by atoms with Crippen LogP contribution in [0.2, 0.25) is 0 Å². The lowest BCUT2D eigenvalue weighted by Crippen LogP contribution is -2.32. The van der Waals surface area contributed by atoms with Gasteiger partial charge in [0.05, 0.1) is 16.9 Å². The molecule has 8 heteroatoms. The minimum Gasteiger partial charge on any atom is -0.351 e. The highest BCUT2D eigenvalue weighted by atomic mass is 32.2. The van der Waals surface area contributed by atoms with E-state index in [1.54, 1.807) is 48.5 Å². The molecular weight excluding hydrogens is 414 g/mol. The number of benzene rings is 2. The van der Waals surface area contributed by atoms with E-state index in [9.17, 15) is 18.0 Å². The summed E-state index contributed by atoms with van der Waals surface area (Å²) >= 11 is 0. The number of sulfone groups is 1. The van der Waals surface area contributed by atoms with Crippen LogP contribution in [0.4, 0.5) is 0 Å². The van der Waals surface area contributed by atoms with Gasteiger partial charge in [-0.25, -0.2) is 13.1 Å². The second kappa shape index (κ2) is 9.87. The summed E-state index contributed by atoms with van der Waals surface area (Å²) in [6, 6.07) is 15.9. The summed E-state index contributed by atoms with van der Waals surface area (Å²) in [7, 11) is -3.27. The van der Waals surface area contributed by atoms with Gasteiger partial charge >= 0.3 is 0 Å². The number of fused-ring (bicyclic) bond motifs is 1. The van der Waals surface area contributed by atoms with Gasteiger partial charge in [-0.2, -0.15) is 5.10 Å². The van der Waals surface area contributed by atoms with E-state index >= 15 is 0 Å². The molecule has 0 aliphatic heterocycles. The van der Waals surface area contributed by atoms with Gasteiger partial charge < -0.3 is 5.32 Å². The van der Waals surface area contributed by atoms with Crippen molar-refractivity contribution in [3.63, 3.8) is 0 Å². The number of hydrogen-bond donors (Lipinski definition) is 1. The Kier molecular flexibility index (Phi) is 7.22. The summed E-state index contributed by atoms with van der Waals surface area (Å²) < 4.78 is 25.9. The summed E-state index contributed by atoms with van der Waals surface area (Å²) in [6.07, 6.45) is 0.296. The molecule has 0 saturated carbocycles. The fraction of sp³-hybridized carbons (Fsp3) is 0.348. The third-order valence-corrected chi connectivity index (χ3v) is 6.45. The van der Waals surface area contributed by atoms with Crippen LogP contribution in [-0.4, -0.2) is 36.4 Å². The van der Waals surface area contributed by atoms with E-state index in [1.807, 2.05) is 19.9 Å². The van der Waals surface area contributed by atoms with Gasteiger partial charge in [0.15, 0.2) is 15.5 Å². The van der Waals surface area contributed by atoms with Crippen LogP contribution < -0.4 is 10.9 Å². The van der Waals surface area contributed by atoms with Crippen molar-refractivity contribution in [2.45, 2.75) is 32.6 Å². The van der Waals surface area contributed by atoms with Gasteiger partial charge in [-0.15, -0.1) is 0 Å². The molecule has 2 aromatic carbocycles. The van der Waals surface area contributed by atoms with Gasteiger partial charge in [0.2, 0.25) is 0 Å². The summed E-state index contributed by atoms with van der Waals surface area (Å²) in [5.74, 6) is -0.275. The maximum absolute atomic E-state index is 12.8. The summed E-state index contributed by atoms with van der Waals surface area (Å²) in [4.78, 5) is 25.4. The molecule has 0 bridgehead atoms. The van der Waals surface area contributed by atoms with Gasteiger partial charge in [-0.3, -0.25) is 9.59 Å². The molecule has 0 spiro atoms. The minimum atomic E-state index is -3.27. The normalized spacial score (nSPS) is 11.7. The Balaban J connectivity index is 1.68. The van der Waals surface area contributed by atoms with E-state index in [-0.39, 0.29) is 35.2 Å². The summed E-state index contributed by atoms with van der Waals surface area (Å²) in [5.41, 5.74) is 0.686. The molecule has 3 aromatic rings. The van der Waals surface area contributed by atoms with Crippen LogP contribution in [0, 0.1) is 5.92 Å². The fourth-order valence-corrected chi connectivity index (χ4v) is 4.78. The van der Waals surface area contributed by atoms with E-state index < -0.39 is 15.7 Å². The molecule has 1 heterocycles. The highest BCUT2D eigenvalue weighted by molar-refractivity contribution is 7.90. The first-order valence-electron chi connectivity index (χ1n) is 10.3. The molecule has 0 aliphatic carbocycles. The van der Waals surface area contributed by atoms with Crippen molar-refractivity contribution >= 4 is 26.5 Å². The maximum atomic E-state index is 12.8. The van der Waals surface area contributed by atoms with Crippen molar-refractivity contribution in [1.82, 2.24) is 15.1 Å². The Morgan fingerprint density at radius 1 is 1.03 bits per heavy atom. The Bertz CT molecular complexity index is 1220. The highest BCUT2D eigenvalue weighted by Gasteiger charge is 2.17. The number of amides is 1. The van der Waals surface area contributed by atoms with Crippen molar-refractivity contribution in [2.75, 3.05) is 12.3 Å². The number of nitrogens with one attached hydrogen (secondary N) is 1. The average molecular weight is 442 g/mol. The largest absolute Gasteiger partial charge is 0.351 e. The fourth-order valence-electron chi connectivity index (χ4n) is 3.35. The van der Waals surface area contributed by atoms with E-state index in [2.05, 4.69) is 10.4 Å². The maximum Gasteiger partial charge on any atom is 0.274 e. The number of aromatic nitrogens is 2. The molecule has 0 aliphatic rings. The van der Waals surface area contributed by atoms with Crippen LogP contribution in [0.1, 0.15) is 36.3 Å². The van der Waals surface area contributed by atoms with Gasteiger partial charge in [0, 0.05) is 18.5 Å². The van der Waals surface area contributed by atoms with Crippen molar-refractivity contribution in [1.29, 1.82) is 0 Å². The summed E-state index contributed by atoms with van der Waals surface area (Å²) in [6.45, 7) is 4.55. The molecule has 0 unspecified atom stereocenters. The van der Waals surface area contributed by atoms with Gasteiger partial charge in [0.25, 0.3) is 11.5 Å². The molecular formula is C23H27N3O4S. The molecule has 1 amide bonds. The Labute approximate surface area is 182 Å². The van der Waals surface area contributed by atoms with Crippen molar-refractivity contribution in [2.24, 2.45) is 5.92 Å². The van der Waals surface area contributed by atoms with E-state index in [0.717, 1.165) is 5.56 Å². The zero-order chi connectivity index (χ0) is 22.4. The Morgan fingerprint density at radius 2 is 1.68 bits per heavy atom. The second-order valence-electron chi connectivity index (χ2n) is 7.96. The van der Waals surface area contributed by atoms with Crippen molar-refractivity contribution in [3.8, 4) is 0 Å². The number of carbonyl (C=O) groups is 1. The minimum absolute atomic E-state index is 0.0197. The zero-order valence-electron chi connectivity index (χ0n) is 17.7. The number of nitrogens with zero attached hydrogens (tertiary/aromatic N) is 2. The van der Waals surface area contributed by atoms with Crippen molar-refractivity contribution in [3.05, 3.63) is 76.2 Å². The smallest absolute Gasteiger partial charge is 0.274 e. The predicted octanol–water partition coefficient (Wildman–Crippen LogP) is 2.79. The van der Waals surface area contributed by atoms with E-state index in [4.69, 9.17) is 0 Å². The zero-order valence-corrected chi connectivity index (χ0v) is 18.6. The predicted molar refractivity (Wildman–Crippen MR) is 122 cm³/mol. The molecule has 0 atom stereocenters. The molecule has 7 nitrogen and oxygen atoms in total. The molecule has 1 aromatic heterocycles. The molecule has 164 valence electrons. The lowest BCUT2D eigenvalue weighted by Gasteiger charge is -2.12. The highest BCUT2D eigenvalue weighted by Crippen LogP contribution is 2.14. The lowest BCUT2D eigenvalue weighted by molar-refractivity contribution is 0.0948. The third kappa shape index (κ3) is 6.01. The van der Waals surface area contributed by atoms with Gasteiger partial charge in [0.1, 0.15) is 0 Å². The molecule has 3 rings (SSSR count). The van der Waals surface area contributed by atoms with E-state index in [1.165, 1.54) is 4.68 Å². The topological polar surface area (TPSA) is 98.1 Å². The van der Waals surface area contributed by atoms with Crippen LogP contribution >= 0.6 is 0 Å². The molecule has 0 radical (unpaired) electrons. The monoisotopic (exact) mass is 441 g/mol. The van der Waals surface area contributed by atoms with Crippen LogP contribution in [-0.2, 0) is 22.1 Å². The average Bonchev–Trinajstić information content (AvgIpc) is 2.73. The number of hydrogen-bond acceptors (Lipinski definition) is 5. The van der Waals surface area contributed by atoms with Crippen LogP contribution in [0.15, 0.2) is 59.4 Å². The number of rotatable bonds is 9. The first-order chi connectivity index (χ1) is 14.8. The van der Waals surface area contributed by atoms with Crippen LogP contribution in [0.3, 0.4) is 0 Å². The Hall–Kier alpha value is -3.00. The van der Waals surface area contributed by atoms with Gasteiger partial charge in [-0.05, 0) is 24.0 Å². The Morgan fingerprint density at radius 3 is 2.35 bits per heavy atom. The third-order valence-electron chi connectivity index (χ3n) is 4.77. The quantitative estimate of drug-likeness (QED) is 0.515. The molecule has 31 heavy (non-hydrogen) atoms. The number of carbonyl (C=O) groups excluding carboxylic acids is 1. The lowest BCUT2D eigenvalue weighted by atomic mass is 10.1.